The quantitative estimate of drug-likeness (QED) is 0.458. The van der Waals surface area contributed by atoms with Crippen molar-refractivity contribution in [2.45, 2.75) is 0 Å². The molecule has 1 amide bonds. The first-order valence-electron chi connectivity index (χ1n) is 4.63. The first kappa shape index (κ1) is 11.0. The number of hydrogen-bond donors (Lipinski definition) is 4. The first-order chi connectivity index (χ1) is 8.22. The van der Waals surface area contributed by atoms with Gasteiger partial charge in [-0.1, -0.05) is 0 Å². The SMILES string of the molecule is NNc1nccc(C(=O)Nc2cn[nH]c2)c1F. The topological polar surface area (TPSA) is 109 Å². The number of nitrogens with zero attached hydrogens (tertiary/aromatic N) is 2. The van der Waals surface area contributed by atoms with Crippen LogP contribution >= 0.6 is 0 Å². The van der Waals surface area contributed by atoms with Crippen LogP contribution in [-0.4, -0.2) is 21.1 Å². The van der Waals surface area contributed by atoms with Crippen LogP contribution in [0.5, 0.6) is 0 Å². The Hall–Kier alpha value is -2.48. The van der Waals surface area contributed by atoms with Crippen LogP contribution in [0, 0.1) is 5.82 Å². The molecular weight excluding hydrogens is 227 g/mol. The Labute approximate surface area is 95.2 Å². The van der Waals surface area contributed by atoms with Gasteiger partial charge in [0.1, 0.15) is 0 Å². The fraction of sp³-hybridized carbons (Fsp3) is 0. The maximum absolute atomic E-state index is 13.7. The van der Waals surface area contributed by atoms with E-state index in [0.717, 1.165) is 0 Å². The summed E-state index contributed by atoms with van der Waals surface area (Å²) in [6.07, 6.45) is 4.15. The summed E-state index contributed by atoms with van der Waals surface area (Å²) in [5, 5.41) is 8.63. The zero-order valence-corrected chi connectivity index (χ0v) is 8.57. The predicted molar refractivity (Wildman–Crippen MR) is 58.5 cm³/mol. The van der Waals surface area contributed by atoms with Crippen LogP contribution in [0.4, 0.5) is 15.9 Å². The van der Waals surface area contributed by atoms with Crippen LogP contribution in [0.25, 0.3) is 0 Å². The second-order valence-corrected chi connectivity index (χ2v) is 3.11. The highest BCUT2D eigenvalue weighted by atomic mass is 19.1. The summed E-state index contributed by atoms with van der Waals surface area (Å²) in [7, 11) is 0. The highest BCUT2D eigenvalue weighted by Crippen LogP contribution is 2.15. The number of aromatic amines is 1. The number of carbonyl (C=O) groups is 1. The van der Waals surface area contributed by atoms with Gasteiger partial charge in [-0.15, -0.1) is 0 Å². The van der Waals surface area contributed by atoms with E-state index in [-0.39, 0.29) is 11.4 Å². The molecule has 0 saturated heterocycles. The van der Waals surface area contributed by atoms with Crippen molar-refractivity contribution in [3.8, 4) is 0 Å². The molecule has 0 spiro atoms. The lowest BCUT2D eigenvalue weighted by Crippen LogP contribution is -2.17. The van der Waals surface area contributed by atoms with Crippen LogP contribution in [-0.2, 0) is 0 Å². The molecule has 2 aromatic rings. The Balaban J connectivity index is 2.25. The second-order valence-electron chi connectivity index (χ2n) is 3.11. The van der Waals surface area contributed by atoms with Crippen molar-refractivity contribution in [1.82, 2.24) is 15.2 Å². The summed E-state index contributed by atoms with van der Waals surface area (Å²) in [6.45, 7) is 0. The number of anilines is 2. The molecule has 88 valence electrons. The normalized spacial score (nSPS) is 10.0. The lowest BCUT2D eigenvalue weighted by atomic mass is 10.2. The number of hydrogen-bond acceptors (Lipinski definition) is 5. The molecule has 8 heteroatoms. The van der Waals surface area contributed by atoms with Crippen molar-refractivity contribution in [3.05, 3.63) is 36.0 Å². The van der Waals surface area contributed by atoms with Gasteiger partial charge in [0.15, 0.2) is 11.6 Å². The number of nitrogens with two attached hydrogens (primary N) is 1. The van der Waals surface area contributed by atoms with E-state index in [1.54, 1.807) is 0 Å². The fourth-order valence-electron chi connectivity index (χ4n) is 1.24. The molecule has 5 N–H and O–H groups in total. The molecule has 7 nitrogen and oxygen atoms in total. The molecule has 0 bridgehead atoms. The maximum Gasteiger partial charge on any atom is 0.258 e. The Morgan fingerprint density at radius 3 is 3.00 bits per heavy atom. The molecule has 0 fully saturated rings. The Kier molecular flexibility index (Phi) is 2.97. The molecule has 2 heterocycles. The van der Waals surface area contributed by atoms with Gasteiger partial charge in [0.05, 0.1) is 17.4 Å². The van der Waals surface area contributed by atoms with Gasteiger partial charge >= 0.3 is 0 Å². The molecule has 0 saturated carbocycles. The number of carbonyl (C=O) groups excluding carboxylic acids is 1. The minimum atomic E-state index is -0.809. The summed E-state index contributed by atoms with van der Waals surface area (Å²) >= 11 is 0. The van der Waals surface area contributed by atoms with Gasteiger partial charge in [-0.3, -0.25) is 9.89 Å². The Bertz CT molecular complexity index is 526. The molecule has 0 unspecified atom stereocenters. The number of pyridine rings is 1. The van der Waals surface area contributed by atoms with E-state index in [0.29, 0.717) is 5.69 Å². The second kappa shape index (κ2) is 4.58. The molecular formula is C9H9FN6O. The lowest BCUT2D eigenvalue weighted by molar-refractivity contribution is 0.102. The van der Waals surface area contributed by atoms with Gasteiger partial charge < -0.3 is 10.7 Å². The smallest absolute Gasteiger partial charge is 0.258 e. The van der Waals surface area contributed by atoms with Crippen molar-refractivity contribution in [2.75, 3.05) is 10.7 Å². The third-order valence-corrected chi connectivity index (χ3v) is 2.03. The number of nitrogens with one attached hydrogen (secondary N) is 3. The van der Waals surface area contributed by atoms with E-state index in [1.807, 2.05) is 0 Å². The van der Waals surface area contributed by atoms with E-state index in [1.165, 1.54) is 24.7 Å². The van der Waals surface area contributed by atoms with Gasteiger partial charge in [-0.05, 0) is 6.07 Å². The minimum Gasteiger partial charge on any atom is -0.319 e. The van der Waals surface area contributed by atoms with Crippen molar-refractivity contribution >= 4 is 17.4 Å². The van der Waals surface area contributed by atoms with E-state index >= 15 is 0 Å². The molecule has 0 aromatic carbocycles. The van der Waals surface area contributed by atoms with Crippen LogP contribution in [0.1, 0.15) is 10.4 Å². The maximum atomic E-state index is 13.7. The average molecular weight is 236 g/mol. The van der Waals surface area contributed by atoms with Crippen molar-refractivity contribution < 1.29 is 9.18 Å². The third-order valence-electron chi connectivity index (χ3n) is 2.03. The minimum absolute atomic E-state index is 0.158. The standard InChI is InChI=1S/C9H9FN6O/c10-7-6(1-2-12-8(7)16-11)9(17)15-5-3-13-14-4-5/h1-4H,11H2,(H,12,16)(H,13,14)(H,15,17). The number of amides is 1. The van der Waals surface area contributed by atoms with Crippen molar-refractivity contribution in [2.24, 2.45) is 5.84 Å². The summed E-state index contributed by atoms with van der Waals surface area (Å²) in [4.78, 5) is 15.3. The van der Waals surface area contributed by atoms with Crippen LogP contribution < -0.4 is 16.6 Å². The number of H-pyrrole nitrogens is 1. The fourth-order valence-corrected chi connectivity index (χ4v) is 1.24. The molecule has 0 radical (unpaired) electrons. The Morgan fingerprint density at radius 1 is 1.53 bits per heavy atom. The van der Waals surface area contributed by atoms with Gasteiger partial charge in [0.2, 0.25) is 0 Å². The number of aromatic nitrogens is 3. The predicted octanol–water partition coefficient (Wildman–Crippen LogP) is 0.482. The molecule has 2 rings (SSSR count). The van der Waals surface area contributed by atoms with Gasteiger partial charge in [0.25, 0.3) is 5.91 Å². The Morgan fingerprint density at radius 2 is 2.35 bits per heavy atom. The molecule has 17 heavy (non-hydrogen) atoms. The highest BCUT2D eigenvalue weighted by molar-refractivity contribution is 6.04. The van der Waals surface area contributed by atoms with Gasteiger partial charge in [0, 0.05) is 12.4 Å². The van der Waals surface area contributed by atoms with Crippen molar-refractivity contribution in [3.63, 3.8) is 0 Å². The molecule has 0 aliphatic heterocycles. The zero-order chi connectivity index (χ0) is 12.3. The number of halogens is 1. The summed E-state index contributed by atoms with van der Waals surface area (Å²) < 4.78 is 13.7. The highest BCUT2D eigenvalue weighted by Gasteiger charge is 2.15. The molecule has 0 aliphatic carbocycles. The van der Waals surface area contributed by atoms with E-state index < -0.39 is 11.7 Å². The van der Waals surface area contributed by atoms with E-state index in [9.17, 15) is 9.18 Å². The van der Waals surface area contributed by atoms with Crippen LogP contribution in [0.15, 0.2) is 24.7 Å². The van der Waals surface area contributed by atoms with E-state index in [4.69, 9.17) is 5.84 Å². The van der Waals surface area contributed by atoms with Gasteiger partial charge in [-0.2, -0.15) is 5.10 Å². The van der Waals surface area contributed by atoms with Crippen molar-refractivity contribution in [1.29, 1.82) is 0 Å². The average Bonchev–Trinajstić information content (AvgIpc) is 2.82. The van der Waals surface area contributed by atoms with Crippen LogP contribution in [0.3, 0.4) is 0 Å². The number of nitrogen functional groups attached to an aromatic ring is 1. The first-order valence-corrected chi connectivity index (χ1v) is 4.63. The monoisotopic (exact) mass is 236 g/mol. The third kappa shape index (κ3) is 2.21. The van der Waals surface area contributed by atoms with Crippen LogP contribution in [0.2, 0.25) is 0 Å². The molecule has 0 atom stereocenters. The lowest BCUT2D eigenvalue weighted by Gasteiger charge is -2.06. The number of hydrazine groups is 1. The summed E-state index contributed by atoms with van der Waals surface area (Å²) in [5.41, 5.74) is 2.34. The largest absolute Gasteiger partial charge is 0.319 e. The number of rotatable bonds is 3. The van der Waals surface area contributed by atoms with Gasteiger partial charge in [-0.25, -0.2) is 15.2 Å². The molecule has 0 aliphatic rings. The summed E-state index contributed by atoms with van der Waals surface area (Å²) in [6, 6.07) is 1.26. The summed E-state index contributed by atoms with van der Waals surface area (Å²) in [5.74, 6) is 3.45. The zero-order valence-electron chi connectivity index (χ0n) is 8.57. The molecule has 2 aromatic heterocycles. The van der Waals surface area contributed by atoms with E-state index in [2.05, 4.69) is 25.9 Å².